The van der Waals surface area contributed by atoms with E-state index in [-0.39, 0.29) is 12.0 Å². The van der Waals surface area contributed by atoms with Crippen molar-refractivity contribution in [1.29, 1.82) is 0 Å². The van der Waals surface area contributed by atoms with E-state index in [1.807, 2.05) is 13.8 Å². The summed E-state index contributed by atoms with van der Waals surface area (Å²) >= 11 is 0. The lowest BCUT2D eigenvalue weighted by molar-refractivity contribution is -0.142. The summed E-state index contributed by atoms with van der Waals surface area (Å²) in [6.07, 6.45) is 1.55. The van der Waals surface area contributed by atoms with Crippen molar-refractivity contribution >= 4 is 5.97 Å². The molecule has 0 aromatic heterocycles. The third kappa shape index (κ3) is 2.89. The van der Waals surface area contributed by atoms with E-state index in [0.717, 1.165) is 6.42 Å². The summed E-state index contributed by atoms with van der Waals surface area (Å²) in [5.74, 6) is -0.946. The lowest BCUT2D eigenvalue weighted by Crippen LogP contribution is -2.37. The minimum absolute atomic E-state index is 0.109. The van der Waals surface area contributed by atoms with E-state index in [1.54, 1.807) is 7.05 Å². The van der Waals surface area contributed by atoms with Gasteiger partial charge >= 0.3 is 5.97 Å². The normalized spacial score (nSPS) is 15.9. The van der Waals surface area contributed by atoms with Crippen LogP contribution in [-0.4, -0.2) is 24.2 Å². The molecule has 0 heterocycles. The number of hydrogen-bond donors (Lipinski definition) is 2. The van der Waals surface area contributed by atoms with Crippen molar-refractivity contribution in [2.45, 2.75) is 32.7 Å². The van der Waals surface area contributed by atoms with Crippen molar-refractivity contribution in [2.24, 2.45) is 5.92 Å². The summed E-state index contributed by atoms with van der Waals surface area (Å²) in [5, 5.41) is 11.8. The van der Waals surface area contributed by atoms with Gasteiger partial charge in [0.15, 0.2) is 0 Å². The monoisotopic (exact) mass is 159 g/mol. The van der Waals surface area contributed by atoms with Crippen LogP contribution in [-0.2, 0) is 4.79 Å². The number of aliphatic carboxylic acids is 1. The Morgan fingerprint density at radius 1 is 1.45 bits per heavy atom. The summed E-state index contributed by atoms with van der Waals surface area (Å²) in [6.45, 7) is 3.89. The van der Waals surface area contributed by atoms with Crippen molar-refractivity contribution in [3.8, 4) is 0 Å². The second-order valence-corrected chi connectivity index (χ2v) is 2.66. The molecule has 0 aliphatic rings. The smallest absolute Gasteiger partial charge is 0.308 e. The Bertz CT molecular complexity index is 121. The molecule has 0 amide bonds. The minimum Gasteiger partial charge on any atom is -0.481 e. The zero-order valence-corrected chi connectivity index (χ0v) is 7.42. The van der Waals surface area contributed by atoms with Gasteiger partial charge in [-0.2, -0.15) is 0 Å². The lowest BCUT2D eigenvalue weighted by Gasteiger charge is -2.20. The predicted octanol–water partition coefficient (Wildman–Crippen LogP) is 1.10. The van der Waals surface area contributed by atoms with Crippen LogP contribution >= 0.6 is 0 Å². The fraction of sp³-hybridized carbons (Fsp3) is 0.875. The van der Waals surface area contributed by atoms with Gasteiger partial charge in [0.1, 0.15) is 0 Å². The van der Waals surface area contributed by atoms with Crippen LogP contribution in [0.1, 0.15) is 26.7 Å². The van der Waals surface area contributed by atoms with Gasteiger partial charge in [-0.15, -0.1) is 0 Å². The largest absolute Gasteiger partial charge is 0.481 e. The van der Waals surface area contributed by atoms with Crippen molar-refractivity contribution in [3.05, 3.63) is 0 Å². The van der Waals surface area contributed by atoms with E-state index in [1.165, 1.54) is 0 Å². The van der Waals surface area contributed by atoms with Crippen molar-refractivity contribution < 1.29 is 9.90 Å². The van der Waals surface area contributed by atoms with E-state index < -0.39 is 5.97 Å². The van der Waals surface area contributed by atoms with Crippen LogP contribution in [0.15, 0.2) is 0 Å². The molecule has 2 atom stereocenters. The average molecular weight is 159 g/mol. The molecule has 0 spiro atoms. The van der Waals surface area contributed by atoms with Crippen molar-refractivity contribution in [1.82, 2.24) is 5.32 Å². The van der Waals surface area contributed by atoms with Gasteiger partial charge in [0.05, 0.1) is 5.92 Å². The van der Waals surface area contributed by atoms with E-state index in [4.69, 9.17) is 5.11 Å². The second kappa shape index (κ2) is 5.13. The third-order valence-corrected chi connectivity index (χ3v) is 2.05. The fourth-order valence-electron chi connectivity index (χ4n) is 1.32. The van der Waals surface area contributed by atoms with Gasteiger partial charge < -0.3 is 10.4 Å². The van der Waals surface area contributed by atoms with E-state index in [0.29, 0.717) is 6.42 Å². The average Bonchev–Trinajstić information content (AvgIpc) is 1.99. The molecule has 0 aromatic rings. The Hall–Kier alpha value is -0.570. The highest BCUT2D eigenvalue weighted by Gasteiger charge is 2.22. The quantitative estimate of drug-likeness (QED) is 0.631. The second-order valence-electron chi connectivity index (χ2n) is 2.66. The van der Waals surface area contributed by atoms with Gasteiger partial charge in [0.2, 0.25) is 0 Å². The maximum absolute atomic E-state index is 10.6. The highest BCUT2D eigenvalue weighted by molar-refractivity contribution is 5.70. The molecule has 2 unspecified atom stereocenters. The number of carboxylic acids is 1. The maximum Gasteiger partial charge on any atom is 0.308 e. The summed E-state index contributed by atoms with van der Waals surface area (Å²) in [7, 11) is 1.81. The zero-order valence-electron chi connectivity index (χ0n) is 7.42. The molecule has 0 saturated carbocycles. The number of hydrogen-bond acceptors (Lipinski definition) is 2. The van der Waals surface area contributed by atoms with Gasteiger partial charge in [0, 0.05) is 6.04 Å². The summed E-state index contributed by atoms with van der Waals surface area (Å²) in [6, 6.07) is 0.109. The highest BCUT2D eigenvalue weighted by Crippen LogP contribution is 2.11. The van der Waals surface area contributed by atoms with Crippen LogP contribution in [0.5, 0.6) is 0 Å². The van der Waals surface area contributed by atoms with Crippen LogP contribution in [0.25, 0.3) is 0 Å². The number of carboxylic acid groups (broad SMARTS) is 1. The number of carbonyl (C=O) groups is 1. The topological polar surface area (TPSA) is 49.3 Å². The van der Waals surface area contributed by atoms with Crippen LogP contribution < -0.4 is 5.32 Å². The third-order valence-electron chi connectivity index (χ3n) is 2.05. The Kier molecular flexibility index (Phi) is 4.86. The molecule has 11 heavy (non-hydrogen) atoms. The standard InChI is InChI=1S/C8H17NO2/c1-4-6(8(10)11)7(5-2)9-3/h6-7,9H,4-5H2,1-3H3,(H,10,11). The molecule has 2 N–H and O–H groups in total. The first kappa shape index (κ1) is 10.4. The fourth-order valence-corrected chi connectivity index (χ4v) is 1.32. The molecule has 3 nitrogen and oxygen atoms in total. The molecule has 0 saturated heterocycles. The first-order valence-corrected chi connectivity index (χ1v) is 4.07. The van der Waals surface area contributed by atoms with Crippen LogP contribution in [0.2, 0.25) is 0 Å². The van der Waals surface area contributed by atoms with Crippen molar-refractivity contribution in [3.63, 3.8) is 0 Å². The Morgan fingerprint density at radius 3 is 2.09 bits per heavy atom. The Morgan fingerprint density at radius 2 is 2.00 bits per heavy atom. The maximum atomic E-state index is 10.6. The van der Waals surface area contributed by atoms with Gasteiger partial charge in [-0.25, -0.2) is 0 Å². The molecular weight excluding hydrogens is 142 g/mol. The lowest BCUT2D eigenvalue weighted by atomic mass is 9.95. The van der Waals surface area contributed by atoms with Gasteiger partial charge in [-0.05, 0) is 19.9 Å². The molecule has 0 aromatic carbocycles. The van der Waals surface area contributed by atoms with Crippen LogP contribution in [0.4, 0.5) is 0 Å². The van der Waals surface area contributed by atoms with Crippen molar-refractivity contribution in [2.75, 3.05) is 7.05 Å². The van der Waals surface area contributed by atoms with Crippen LogP contribution in [0, 0.1) is 5.92 Å². The highest BCUT2D eigenvalue weighted by atomic mass is 16.4. The van der Waals surface area contributed by atoms with Gasteiger partial charge in [0.25, 0.3) is 0 Å². The molecule has 0 radical (unpaired) electrons. The predicted molar refractivity (Wildman–Crippen MR) is 44.6 cm³/mol. The zero-order chi connectivity index (χ0) is 8.85. The van der Waals surface area contributed by atoms with E-state index >= 15 is 0 Å². The van der Waals surface area contributed by atoms with E-state index in [9.17, 15) is 4.79 Å². The van der Waals surface area contributed by atoms with Crippen LogP contribution in [0.3, 0.4) is 0 Å². The molecule has 0 bridgehead atoms. The van der Waals surface area contributed by atoms with Gasteiger partial charge in [-0.3, -0.25) is 4.79 Å². The van der Waals surface area contributed by atoms with Gasteiger partial charge in [-0.1, -0.05) is 13.8 Å². The molecular formula is C8H17NO2. The molecule has 3 heteroatoms. The minimum atomic E-state index is -0.700. The SMILES string of the molecule is CCC(NC)C(CC)C(=O)O. The summed E-state index contributed by atoms with van der Waals surface area (Å²) < 4.78 is 0. The molecule has 0 aliphatic carbocycles. The molecule has 0 fully saturated rings. The summed E-state index contributed by atoms with van der Waals surface area (Å²) in [5.41, 5.74) is 0. The molecule has 66 valence electrons. The first-order chi connectivity index (χ1) is 5.17. The Balaban J connectivity index is 4.09. The molecule has 0 aliphatic heterocycles. The number of rotatable bonds is 5. The Labute approximate surface area is 67.8 Å². The first-order valence-electron chi connectivity index (χ1n) is 4.07. The summed E-state index contributed by atoms with van der Waals surface area (Å²) in [4.78, 5) is 10.6. The van der Waals surface area contributed by atoms with E-state index in [2.05, 4.69) is 5.32 Å². The number of nitrogens with one attached hydrogen (secondary N) is 1. The molecule has 0 rings (SSSR count).